The predicted molar refractivity (Wildman–Crippen MR) is 65.5 cm³/mol. The summed E-state index contributed by atoms with van der Waals surface area (Å²) in [7, 11) is 0. The molecule has 3 N–H and O–H groups in total. The number of nitrogens with two attached hydrogens (primary N) is 1. The summed E-state index contributed by atoms with van der Waals surface area (Å²) in [4.78, 5) is 4.32. The zero-order valence-electron chi connectivity index (χ0n) is 10.0. The average molecular weight is 207 g/mol. The molecule has 0 aromatic carbocycles. The number of hydrogen-bond acceptors (Lipinski definition) is 2. The van der Waals surface area contributed by atoms with Crippen LogP contribution in [0.5, 0.6) is 0 Å². The van der Waals surface area contributed by atoms with Crippen LogP contribution in [-0.2, 0) is 0 Å². The molecule has 0 fully saturated rings. The van der Waals surface area contributed by atoms with Gasteiger partial charge in [-0.2, -0.15) is 0 Å². The molecule has 0 spiro atoms. The Hall–Kier alpha value is -1.25. The van der Waals surface area contributed by atoms with Crippen molar-refractivity contribution in [1.29, 1.82) is 0 Å². The van der Waals surface area contributed by atoms with Gasteiger partial charge in [0, 0.05) is 5.41 Å². The van der Waals surface area contributed by atoms with E-state index in [1.807, 2.05) is 6.20 Å². The van der Waals surface area contributed by atoms with Gasteiger partial charge in [0.05, 0.1) is 18.1 Å². The topological polar surface area (TPSA) is 50.4 Å². The monoisotopic (exact) mass is 207 g/mol. The molecular formula is C12H21N3. The van der Waals surface area contributed by atoms with Crippen LogP contribution in [-0.4, -0.2) is 12.4 Å². The lowest BCUT2D eigenvalue weighted by molar-refractivity contribution is 0.487. The minimum absolute atomic E-state index is 0.0228. The van der Waals surface area contributed by atoms with E-state index in [0.717, 1.165) is 12.1 Å². The third kappa shape index (κ3) is 2.61. The van der Waals surface area contributed by atoms with Crippen LogP contribution < -0.4 is 11.1 Å². The lowest BCUT2D eigenvalue weighted by Crippen LogP contribution is -2.23. The van der Waals surface area contributed by atoms with Crippen molar-refractivity contribution in [3.8, 4) is 0 Å². The highest BCUT2D eigenvalue weighted by molar-refractivity contribution is 5.55. The second-order valence-corrected chi connectivity index (χ2v) is 4.79. The highest BCUT2D eigenvalue weighted by atomic mass is 14.9. The number of rotatable bonds is 2. The zero-order valence-corrected chi connectivity index (χ0v) is 10.0. The predicted octanol–water partition coefficient (Wildman–Crippen LogP) is 2.17. The van der Waals surface area contributed by atoms with E-state index >= 15 is 0 Å². The number of nitrogens with one attached hydrogen (secondary N) is 1. The molecule has 3 heteroatoms. The minimum atomic E-state index is 0.0228. The van der Waals surface area contributed by atoms with Gasteiger partial charge < -0.3 is 11.1 Å². The fourth-order valence-corrected chi connectivity index (χ4v) is 1.82. The van der Waals surface area contributed by atoms with Crippen LogP contribution in [0.3, 0.4) is 0 Å². The van der Waals surface area contributed by atoms with Gasteiger partial charge in [-0.25, -0.2) is 4.99 Å². The Kier molecular flexibility index (Phi) is 3.56. The fraction of sp³-hybridized carbons (Fsp3) is 0.583. The molecule has 1 unspecified atom stereocenters. The van der Waals surface area contributed by atoms with Gasteiger partial charge in [-0.1, -0.05) is 27.7 Å². The molecule has 0 aromatic rings. The molecule has 0 bridgehead atoms. The first-order chi connectivity index (χ1) is 7.00. The molecule has 15 heavy (non-hydrogen) atoms. The van der Waals surface area contributed by atoms with Gasteiger partial charge in [0.15, 0.2) is 0 Å². The lowest BCUT2D eigenvalue weighted by atomic mass is 9.87. The molecule has 0 amide bonds. The summed E-state index contributed by atoms with van der Waals surface area (Å²) >= 11 is 0. The first-order valence-electron chi connectivity index (χ1n) is 5.42. The van der Waals surface area contributed by atoms with Crippen molar-refractivity contribution in [2.24, 2.45) is 16.1 Å². The maximum Gasteiger partial charge on any atom is 0.0856 e. The Morgan fingerprint density at radius 1 is 1.60 bits per heavy atom. The second-order valence-electron chi connectivity index (χ2n) is 4.79. The van der Waals surface area contributed by atoms with Crippen LogP contribution in [0.1, 0.15) is 34.1 Å². The highest BCUT2D eigenvalue weighted by Crippen LogP contribution is 2.32. The summed E-state index contributed by atoms with van der Waals surface area (Å²) in [5.74, 6) is 0. The van der Waals surface area contributed by atoms with Gasteiger partial charge in [-0.3, -0.25) is 0 Å². The average Bonchev–Trinajstić information content (AvgIpc) is 2.59. The molecule has 0 radical (unpaired) electrons. The van der Waals surface area contributed by atoms with E-state index < -0.39 is 0 Å². The fourth-order valence-electron chi connectivity index (χ4n) is 1.82. The number of nitrogens with zero attached hydrogens (tertiary/aromatic N) is 1. The SMILES string of the molecule is CCC1NC=C/C1=C(/N=C\N)C(C)(C)C. The third-order valence-corrected chi connectivity index (χ3v) is 2.53. The number of allylic oxidation sites excluding steroid dienone is 1. The molecule has 1 aliphatic rings. The van der Waals surface area contributed by atoms with Crippen LogP contribution >= 0.6 is 0 Å². The molecule has 0 aromatic heterocycles. The van der Waals surface area contributed by atoms with Crippen LogP contribution in [0.4, 0.5) is 0 Å². The van der Waals surface area contributed by atoms with Crippen molar-refractivity contribution in [1.82, 2.24) is 5.32 Å². The van der Waals surface area contributed by atoms with Crippen LogP contribution in [0.15, 0.2) is 28.5 Å². The second kappa shape index (κ2) is 4.51. The Bertz CT molecular complexity index is 305. The maximum atomic E-state index is 5.41. The molecule has 0 saturated carbocycles. The summed E-state index contributed by atoms with van der Waals surface area (Å²) < 4.78 is 0. The first kappa shape index (κ1) is 11.8. The lowest BCUT2D eigenvalue weighted by Gasteiger charge is -2.23. The van der Waals surface area contributed by atoms with Gasteiger partial charge >= 0.3 is 0 Å². The van der Waals surface area contributed by atoms with Crippen LogP contribution in [0.25, 0.3) is 0 Å². The molecule has 1 heterocycles. The molecule has 3 nitrogen and oxygen atoms in total. The van der Waals surface area contributed by atoms with Crippen molar-refractivity contribution in [3.05, 3.63) is 23.5 Å². The summed E-state index contributed by atoms with van der Waals surface area (Å²) in [5, 5.41) is 3.31. The molecule has 1 rings (SSSR count). The standard InChI is InChI=1S/C12H21N3/c1-5-10-9(6-7-14-10)11(15-8-13)12(2,3)4/h6-8,10,14H,5H2,1-4H3,(H2,13,15)/b11-9-. The van der Waals surface area contributed by atoms with E-state index in [1.165, 1.54) is 11.9 Å². The van der Waals surface area contributed by atoms with Gasteiger partial charge in [0.25, 0.3) is 0 Å². The number of aliphatic imine (C=N–C) groups is 1. The van der Waals surface area contributed by atoms with Gasteiger partial charge in [0.1, 0.15) is 0 Å². The Morgan fingerprint density at radius 2 is 2.27 bits per heavy atom. The van der Waals surface area contributed by atoms with Crippen molar-refractivity contribution < 1.29 is 0 Å². The molecule has 1 aliphatic heterocycles. The molecule has 0 aliphatic carbocycles. The molecular weight excluding hydrogens is 186 g/mol. The highest BCUT2D eigenvalue weighted by Gasteiger charge is 2.25. The van der Waals surface area contributed by atoms with Crippen LogP contribution in [0.2, 0.25) is 0 Å². The summed E-state index contributed by atoms with van der Waals surface area (Å²) in [5.41, 5.74) is 7.76. The number of hydrogen-bond donors (Lipinski definition) is 2. The quantitative estimate of drug-likeness (QED) is 0.538. The van der Waals surface area contributed by atoms with E-state index in [-0.39, 0.29) is 5.41 Å². The third-order valence-electron chi connectivity index (χ3n) is 2.53. The summed E-state index contributed by atoms with van der Waals surface area (Å²) in [6.45, 7) is 8.63. The van der Waals surface area contributed by atoms with Gasteiger partial charge in [0.2, 0.25) is 0 Å². The van der Waals surface area contributed by atoms with Crippen LogP contribution in [0, 0.1) is 5.41 Å². The smallest absolute Gasteiger partial charge is 0.0856 e. The van der Waals surface area contributed by atoms with Crippen molar-refractivity contribution in [2.75, 3.05) is 0 Å². The van der Waals surface area contributed by atoms with E-state index in [0.29, 0.717) is 6.04 Å². The largest absolute Gasteiger partial charge is 0.390 e. The van der Waals surface area contributed by atoms with Gasteiger partial charge in [-0.05, 0) is 24.3 Å². The van der Waals surface area contributed by atoms with Crippen molar-refractivity contribution in [3.63, 3.8) is 0 Å². The normalized spacial score (nSPS) is 24.7. The minimum Gasteiger partial charge on any atom is -0.390 e. The van der Waals surface area contributed by atoms with Crippen molar-refractivity contribution in [2.45, 2.75) is 40.2 Å². The summed E-state index contributed by atoms with van der Waals surface area (Å²) in [6, 6.07) is 0.378. The molecule has 84 valence electrons. The van der Waals surface area contributed by atoms with E-state index in [1.54, 1.807) is 0 Å². The van der Waals surface area contributed by atoms with E-state index in [9.17, 15) is 0 Å². The molecule has 1 atom stereocenters. The summed E-state index contributed by atoms with van der Waals surface area (Å²) in [6.07, 6.45) is 6.53. The first-order valence-corrected chi connectivity index (χ1v) is 5.42. The van der Waals surface area contributed by atoms with E-state index in [4.69, 9.17) is 5.73 Å². The molecule has 0 saturated heterocycles. The Labute approximate surface area is 92.2 Å². The Morgan fingerprint density at radius 3 is 2.73 bits per heavy atom. The van der Waals surface area contributed by atoms with E-state index in [2.05, 4.69) is 44.1 Å². The van der Waals surface area contributed by atoms with Crippen molar-refractivity contribution >= 4 is 6.34 Å². The Balaban J connectivity index is 3.15. The maximum absolute atomic E-state index is 5.41. The zero-order chi connectivity index (χ0) is 11.5. The van der Waals surface area contributed by atoms with Gasteiger partial charge in [-0.15, -0.1) is 0 Å².